The molecule has 3 nitrogen and oxygen atoms in total. The first-order chi connectivity index (χ1) is 10.1. The Morgan fingerprint density at radius 2 is 2.33 bits per heavy atom. The van der Waals surface area contributed by atoms with E-state index in [1.165, 1.54) is 6.07 Å². The van der Waals surface area contributed by atoms with Crippen LogP contribution in [0.5, 0.6) is 0 Å². The number of nitrogens with zero attached hydrogens (tertiary/aromatic N) is 1. The molecule has 21 heavy (non-hydrogen) atoms. The van der Waals surface area contributed by atoms with E-state index in [2.05, 4.69) is 24.2 Å². The van der Waals surface area contributed by atoms with Gasteiger partial charge in [0.15, 0.2) is 0 Å². The molecule has 0 amide bonds. The van der Waals surface area contributed by atoms with Gasteiger partial charge in [-0.3, -0.25) is 0 Å². The molecular formula is C16H24ClFN2O. The molecule has 1 N–H and O–H groups in total. The quantitative estimate of drug-likeness (QED) is 0.874. The van der Waals surface area contributed by atoms with Gasteiger partial charge in [0.25, 0.3) is 0 Å². The third-order valence-corrected chi connectivity index (χ3v) is 4.15. The third kappa shape index (κ3) is 4.92. The molecule has 1 aromatic rings. The summed E-state index contributed by atoms with van der Waals surface area (Å²) in [6, 6.07) is 5.22. The van der Waals surface area contributed by atoms with E-state index in [1.54, 1.807) is 6.07 Å². The van der Waals surface area contributed by atoms with Crippen molar-refractivity contribution >= 4 is 11.6 Å². The Kier molecular flexibility index (Phi) is 6.42. The SMILES string of the molecule is CCCNC(Cc1ccc(Cl)c(F)c1)C1CN(C)CCO1. The van der Waals surface area contributed by atoms with Crippen LogP contribution in [0.15, 0.2) is 18.2 Å². The first-order valence-corrected chi connectivity index (χ1v) is 7.95. The van der Waals surface area contributed by atoms with Crippen LogP contribution in [0.4, 0.5) is 4.39 Å². The van der Waals surface area contributed by atoms with E-state index in [0.717, 1.165) is 44.6 Å². The van der Waals surface area contributed by atoms with Gasteiger partial charge in [0.05, 0.1) is 17.7 Å². The van der Waals surface area contributed by atoms with E-state index < -0.39 is 0 Å². The van der Waals surface area contributed by atoms with Crippen LogP contribution in [0, 0.1) is 5.82 Å². The predicted molar refractivity (Wildman–Crippen MR) is 84.4 cm³/mol. The van der Waals surface area contributed by atoms with E-state index >= 15 is 0 Å². The standard InChI is InChI=1S/C16H24ClFN2O/c1-3-6-19-15(16-11-20(2)7-8-21-16)10-12-4-5-13(17)14(18)9-12/h4-5,9,15-16,19H,3,6-8,10-11H2,1-2H3. The summed E-state index contributed by atoms with van der Waals surface area (Å²) in [5, 5.41) is 3.71. The molecule has 1 aromatic carbocycles. The van der Waals surface area contributed by atoms with Gasteiger partial charge in [-0.05, 0) is 44.1 Å². The number of ether oxygens (including phenoxy) is 1. The Bertz CT molecular complexity index is 458. The Labute approximate surface area is 131 Å². The molecule has 0 spiro atoms. The minimum Gasteiger partial charge on any atom is -0.374 e. The molecule has 1 saturated heterocycles. The number of morpholine rings is 1. The highest BCUT2D eigenvalue weighted by atomic mass is 35.5. The van der Waals surface area contributed by atoms with Gasteiger partial charge in [-0.25, -0.2) is 4.39 Å². The Balaban J connectivity index is 2.05. The van der Waals surface area contributed by atoms with Crippen molar-refractivity contribution in [3.05, 3.63) is 34.6 Å². The zero-order valence-electron chi connectivity index (χ0n) is 12.7. The number of nitrogens with one attached hydrogen (secondary N) is 1. The van der Waals surface area contributed by atoms with Crippen LogP contribution in [0.1, 0.15) is 18.9 Å². The molecule has 2 unspecified atom stereocenters. The molecule has 0 radical (unpaired) electrons. The van der Waals surface area contributed by atoms with Gasteiger partial charge in [-0.1, -0.05) is 24.6 Å². The molecule has 1 aliphatic rings. The summed E-state index contributed by atoms with van der Waals surface area (Å²) in [5.41, 5.74) is 0.947. The molecule has 2 atom stereocenters. The van der Waals surface area contributed by atoms with Crippen molar-refractivity contribution in [2.24, 2.45) is 0 Å². The molecule has 1 heterocycles. The van der Waals surface area contributed by atoms with Gasteiger partial charge in [-0.2, -0.15) is 0 Å². The second kappa shape index (κ2) is 8.08. The maximum atomic E-state index is 13.6. The molecule has 5 heteroatoms. The Morgan fingerprint density at radius 1 is 1.52 bits per heavy atom. The summed E-state index contributed by atoms with van der Waals surface area (Å²) in [6.07, 6.45) is 1.94. The largest absolute Gasteiger partial charge is 0.374 e. The third-order valence-electron chi connectivity index (χ3n) is 3.84. The van der Waals surface area contributed by atoms with Crippen molar-refractivity contribution in [3.63, 3.8) is 0 Å². The van der Waals surface area contributed by atoms with Crippen LogP contribution in [-0.2, 0) is 11.2 Å². The van der Waals surface area contributed by atoms with Crippen LogP contribution >= 0.6 is 11.6 Å². The van der Waals surface area contributed by atoms with Gasteiger partial charge in [0.2, 0.25) is 0 Å². The molecule has 118 valence electrons. The monoisotopic (exact) mass is 314 g/mol. The van der Waals surface area contributed by atoms with Crippen molar-refractivity contribution in [1.29, 1.82) is 0 Å². The summed E-state index contributed by atoms with van der Waals surface area (Å²) in [6.45, 7) is 5.69. The zero-order valence-corrected chi connectivity index (χ0v) is 13.5. The van der Waals surface area contributed by atoms with Gasteiger partial charge in [-0.15, -0.1) is 0 Å². The molecule has 1 aliphatic heterocycles. The van der Waals surface area contributed by atoms with E-state index in [1.807, 2.05) is 6.07 Å². The number of halogens is 2. The van der Waals surface area contributed by atoms with E-state index in [9.17, 15) is 4.39 Å². The van der Waals surface area contributed by atoms with E-state index in [4.69, 9.17) is 16.3 Å². The fourth-order valence-corrected chi connectivity index (χ4v) is 2.76. The van der Waals surface area contributed by atoms with Gasteiger partial charge >= 0.3 is 0 Å². The zero-order chi connectivity index (χ0) is 15.2. The number of likely N-dealkylation sites (N-methyl/N-ethyl adjacent to an activating group) is 1. The summed E-state index contributed by atoms with van der Waals surface area (Å²) < 4.78 is 19.5. The number of hydrogen-bond acceptors (Lipinski definition) is 3. The highest BCUT2D eigenvalue weighted by Gasteiger charge is 2.26. The highest BCUT2D eigenvalue weighted by molar-refractivity contribution is 6.30. The molecule has 0 aromatic heterocycles. The average molecular weight is 315 g/mol. The van der Waals surface area contributed by atoms with Crippen LogP contribution in [0.3, 0.4) is 0 Å². The lowest BCUT2D eigenvalue weighted by atomic mass is 9.99. The Morgan fingerprint density at radius 3 is 3.00 bits per heavy atom. The summed E-state index contributed by atoms with van der Waals surface area (Å²) in [5.74, 6) is -0.356. The van der Waals surface area contributed by atoms with E-state index in [-0.39, 0.29) is 23.0 Å². The number of benzene rings is 1. The predicted octanol–water partition coefficient (Wildman–Crippen LogP) is 2.72. The Hall–Kier alpha value is -0.680. The molecule has 0 aliphatic carbocycles. The highest BCUT2D eigenvalue weighted by Crippen LogP contribution is 2.18. The molecular weight excluding hydrogens is 291 g/mol. The van der Waals surface area contributed by atoms with Gasteiger partial charge in [0, 0.05) is 19.1 Å². The van der Waals surface area contributed by atoms with Crippen molar-refractivity contribution < 1.29 is 9.13 Å². The van der Waals surface area contributed by atoms with Crippen LogP contribution in [0.25, 0.3) is 0 Å². The first kappa shape index (κ1) is 16.7. The van der Waals surface area contributed by atoms with Crippen LogP contribution in [-0.4, -0.2) is 50.3 Å². The average Bonchev–Trinajstić information content (AvgIpc) is 2.47. The molecule has 0 bridgehead atoms. The van der Waals surface area contributed by atoms with Gasteiger partial charge < -0.3 is 15.0 Å². The maximum Gasteiger partial charge on any atom is 0.142 e. The number of rotatable bonds is 6. The summed E-state index contributed by atoms with van der Waals surface area (Å²) in [4.78, 5) is 2.28. The lowest BCUT2D eigenvalue weighted by molar-refractivity contribution is -0.0383. The van der Waals surface area contributed by atoms with Crippen molar-refractivity contribution in [2.75, 3.05) is 33.3 Å². The smallest absolute Gasteiger partial charge is 0.142 e. The minimum absolute atomic E-state index is 0.133. The number of hydrogen-bond donors (Lipinski definition) is 1. The fraction of sp³-hybridized carbons (Fsp3) is 0.625. The molecule has 0 saturated carbocycles. The second-order valence-corrected chi connectivity index (χ2v) is 6.09. The molecule has 2 rings (SSSR count). The fourth-order valence-electron chi connectivity index (χ4n) is 2.64. The van der Waals surface area contributed by atoms with Crippen LogP contribution in [0.2, 0.25) is 5.02 Å². The lowest BCUT2D eigenvalue weighted by Crippen LogP contribution is -2.52. The lowest BCUT2D eigenvalue weighted by Gasteiger charge is -2.35. The van der Waals surface area contributed by atoms with E-state index in [0.29, 0.717) is 0 Å². The van der Waals surface area contributed by atoms with Gasteiger partial charge in [0.1, 0.15) is 5.82 Å². The topological polar surface area (TPSA) is 24.5 Å². The van der Waals surface area contributed by atoms with Crippen molar-refractivity contribution in [3.8, 4) is 0 Å². The molecule has 1 fully saturated rings. The minimum atomic E-state index is -0.356. The maximum absolute atomic E-state index is 13.6. The second-order valence-electron chi connectivity index (χ2n) is 5.68. The summed E-state index contributed by atoms with van der Waals surface area (Å²) >= 11 is 5.75. The van der Waals surface area contributed by atoms with Crippen LogP contribution < -0.4 is 5.32 Å². The first-order valence-electron chi connectivity index (χ1n) is 7.57. The van der Waals surface area contributed by atoms with Crippen molar-refractivity contribution in [1.82, 2.24) is 10.2 Å². The summed E-state index contributed by atoms with van der Waals surface area (Å²) in [7, 11) is 2.11. The van der Waals surface area contributed by atoms with Crippen molar-refractivity contribution in [2.45, 2.75) is 31.9 Å². The normalized spacial score (nSPS) is 21.4.